The minimum Gasteiger partial charge on any atom is -0.366 e. The number of hydrogen-bond acceptors (Lipinski definition) is 3. The van der Waals surface area contributed by atoms with E-state index in [0.29, 0.717) is 6.42 Å². The molecule has 1 amide bonds. The molecule has 1 heterocycles. The van der Waals surface area contributed by atoms with Crippen molar-refractivity contribution >= 4 is 40.7 Å². The predicted molar refractivity (Wildman–Crippen MR) is 150 cm³/mol. The molecule has 0 unspecified atom stereocenters. The van der Waals surface area contributed by atoms with E-state index >= 15 is 0 Å². The van der Waals surface area contributed by atoms with E-state index in [4.69, 9.17) is 44.3 Å². The quantitative estimate of drug-likeness (QED) is 0.180. The van der Waals surface area contributed by atoms with Crippen molar-refractivity contribution in [1.82, 2.24) is 5.32 Å². The summed E-state index contributed by atoms with van der Waals surface area (Å²) < 4.78 is 11.1. The predicted octanol–water partition coefficient (Wildman–Crippen LogP) is 6.75. The Morgan fingerprint density at radius 1 is 0.865 bits per heavy atom. The number of ether oxygens (including phenoxy) is 2. The van der Waals surface area contributed by atoms with Gasteiger partial charge in [-0.05, 0) is 23.1 Å². The molecule has 3 aromatic carbocycles. The maximum Gasteiger partial charge on any atom is 0.272 e. The van der Waals surface area contributed by atoms with Crippen LogP contribution < -0.4 is 5.32 Å². The monoisotopic (exact) mass is 555 g/mol. The van der Waals surface area contributed by atoms with E-state index in [0.717, 1.165) is 16.7 Å². The molecule has 0 radical (unpaired) electrons. The van der Waals surface area contributed by atoms with E-state index in [1.165, 1.54) is 0 Å². The third-order valence-corrected chi connectivity index (χ3v) is 6.76. The summed E-state index contributed by atoms with van der Waals surface area (Å²) in [7, 11) is 0. The number of amides is 1. The van der Waals surface area contributed by atoms with E-state index in [2.05, 4.69) is 11.9 Å². The molecule has 0 spiro atoms. The van der Waals surface area contributed by atoms with Gasteiger partial charge in [-0.2, -0.15) is 0 Å². The molecule has 0 saturated carbocycles. The zero-order valence-electron chi connectivity index (χ0n) is 20.1. The summed E-state index contributed by atoms with van der Waals surface area (Å²) in [5.74, 6) is -0.733. The Morgan fingerprint density at radius 2 is 1.35 bits per heavy atom. The molecule has 192 valence electrons. The Kier molecular flexibility index (Phi) is 9.12. The van der Waals surface area contributed by atoms with Crippen molar-refractivity contribution in [2.45, 2.75) is 34.1 Å². The molecule has 0 bridgehead atoms. The summed E-state index contributed by atoms with van der Waals surface area (Å²) >= 11 is 17.5. The van der Waals surface area contributed by atoms with Crippen molar-refractivity contribution in [3.8, 4) is 0 Å². The minimum atomic E-state index is -2.10. The third kappa shape index (κ3) is 6.46. The Balaban J connectivity index is 1.74. The normalized spacial score (nSPS) is 19.8. The lowest BCUT2D eigenvalue weighted by molar-refractivity contribution is -0.124. The molecule has 3 aromatic rings. The lowest BCUT2D eigenvalue weighted by Gasteiger charge is -2.39. The maximum absolute atomic E-state index is 12.5. The molecule has 1 aliphatic heterocycles. The second-order valence-corrected chi connectivity index (χ2v) is 11.0. The number of alkyl halides is 3. The fourth-order valence-corrected chi connectivity index (χ4v) is 4.68. The summed E-state index contributed by atoms with van der Waals surface area (Å²) in [5, 5.41) is 2.77. The SMILES string of the molecule is C=CC[C@@H]1C=C[C@H](NC(=O)C(Cl)(Cl)Cl)[C@@H](COC(c2ccccc2)(c2ccccc2)c2ccccc2)O1. The molecule has 0 aliphatic carbocycles. The largest absolute Gasteiger partial charge is 0.366 e. The van der Waals surface area contributed by atoms with Crippen LogP contribution >= 0.6 is 34.8 Å². The minimum absolute atomic E-state index is 0.140. The number of benzene rings is 3. The molecule has 0 fully saturated rings. The van der Waals surface area contributed by atoms with E-state index in [9.17, 15) is 4.79 Å². The number of rotatable bonds is 9. The van der Waals surface area contributed by atoms with Crippen LogP contribution in [-0.4, -0.2) is 34.6 Å². The topological polar surface area (TPSA) is 47.6 Å². The van der Waals surface area contributed by atoms with Crippen LogP contribution in [0.15, 0.2) is 116 Å². The second kappa shape index (κ2) is 12.3. The molecule has 37 heavy (non-hydrogen) atoms. The highest BCUT2D eigenvalue weighted by molar-refractivity contribution is 6.76. The number of carbonyl (C=O) groups is 1. The van der Waals surface area contributed by atoms with E-state index in [-0.39, 0.29) is 12.7 Å². The lowest BCUT2D eigenvalue weighted by Crippen LogP contribution is -2.52. The van der Waals surface area contributed by atoms with Crippen LogP contribution in [0.3, 0.4) is 0 Å². The first-order valence-electron chi connectivity index (χ1n) is 12.0. The van der Waals surface area contributed by atoms with Crippen LogP contribution in [0.2, 0.25) is 0 Å². The van der Waals surface area contributed by atoms with Gasteiger partial charge in [0, 0.05) is 0 Å². The zero-order valence-corrected chi connectivity index (χ0v) is 22.4. The highest BCUT2D eigenvalue weighted by Crippen LogP contribution is 2.41. The van der Waals surface area contributed by atoms with Crippen LogP contribution in [0.4, 0.5) is 0 Å². The number of nitrogens with one attached hydrogen (secondary N) is 1. The van der Waals surface area contributed by atoms with Gasteiger partial charge >= 0.3 is 0 Å². The lowest BCUT2D eigenvalue weighted by atomic mass is 9.80. The molecular weight excluding hydrogens is 529 g/mol. The number of carbonyl (C=O) groups excluding carboxylic acids is 1. The summed E-state index contributed by atoms with van der Waals surface area (Å²) in [5.41, 5.74) is 1.95. The van der Waals surface area contributed by atoms with Gasteiger partial charge in [-0.1, -0.05) is 144 Å². The fraction of sp³-hybridized carbons (Fsp3) is 0.233. The van der Waals surface area contributed by atoms with Crippen molar-refractivity contribution in [3.63, 3.8) is 0 Å². The van der Waals surface area contributed by atoms with Crippen molar-refractivity contribution in [3.05, 3.63) is 132 Å². The van der Waals surface area contributed by atoms with Crippen LogP contribution in [0.25, 0.3) is 0 Å². The van der Waals surface area contributed by atoms with Crippen LogP contribution in [0.1, 0.15) is 23.1 Å². The van der Waals surface area contributed by atoms with Gasteiger partial charge in [0.2, 0.25) is 0 Å². The number of hydrogen-bond donors (Lipinski definition) is 1. The molecule has 4 rings (SSSR count). The molecule has 1 N–H and O–H groups in total. The van der Waals surface area contributed by atoms with Gasteiger partial charge in [-0.25, -0.2) is 0 Å². The van der Waals surface area contributed by atoms with Gasteiger partial charge in [0.25, 0.3) is 9.70 Å². The Bertz CT molecular complexity index is 1100. The van der Waals surface area contributed by atoms with Crippen molar-refractivity contribution in [2.75, 3.05) is 6.61 Å². The van der Waals surface area contributed by atoms with Crippen molar-refractivity contribution in [2.24, 2.45) is 0 Å². The van der Waals surface area contributed by atoms with Gasteiger partial charge in [0.05, 0.1) is 18.8 Å². The molecule has 0 aromatic heterocycles. The van der Waals surface area contributed by atoms with E-state index in [1.807, 2.05) is 103 Å². The van der Waals surface area contributed by atoms with Gasteiger partial charge in [0.1, 0.15) is 11.7 Å². The highest BCUT2D eigenvalue weighted by atomic mass is 35.6. The maximum atomic E-state index is 12.5. The first-order chi connectivity index (χ1) is 17.8. The molecule has 4 nitrogen and oxygen atoms in total. The second-order valence-electron chi connectivity index (χ2n) is 8.71. The van der Waals surface area contributed by atoms with Gasteiger partial charge in [-0.15, -0.1) is 6.58 Å². The third-order valence-electron chi connectivity index (χ3n) is 6.24. The van der Waals surface area contributed by atoms with E-state index in [1.54, 1.807) is 6.08 Å². The molecule has 7 heteroatoms. The average Bonchev–Trinajstić information content (AvgIpc) is 2.92. The summed E-state index contributed by atoms with van der Waals surface area (Å²) in [6.07, 6.45) is 5.36. The zero-order chi connectivity index (χ0) is 26.3. The molecule has 1 aliphatic rings. The van der Waals surface area contributed by atoms with Gasteiger partial charge in [-0.3, -0.25) is 4.79 Å². The smallest absolute Gasteiger partial charge is 0.272 e. The molecule has 3 atom stereocenters. The van der Waals surface area contributed by atoms with Gasteiger partial charge < -0.3 is 14.8 Å². The van der Waals surface area contributed by atoms with E-state index < -0.39 is 27.4 Å². The van der Waals surface area contributed by atoms with Crippen LogP contribution in [-0.2, 0) is 19.9 Å². The summed E-state index contributed by atoms with van der Waals surface area (Å²) in [6.45, 7) is 3.96. The molecular formula is C30H28Cl3NO3. The Labute approximate surface area is 232 Å². The fourth-order valence-electron chi connectivity index (χ4n) is 4.51. The Hall–Kier alpha value is -2.60. The summed E-state index contributed by atoms with van der Waals surface area (Å²) in [4.78, 5) is 12.5. The van der Waals surface area contributed by atoms with Gasteiger partial charge in [0.15, 0.2) is 0 Å². The standard InChI is InChI=1S/C30H28Cl3NO3/c1-2-12-25-19-20-26(34-28(35)30(31,32)33)27(37-25)21-36-29(22-13-6-3-7-14-22,23-15-8-4-9-16-23)24-17-10-5-11-18-24/h2-11,13-20,25-27H,1,12,21H2,(H,34,35)/t25-,26+,27-/m1/s1. The molecule has 0 saturated heterocycles. The number of halogens is 3. The van der Waals surface area contributed by atoms with Crippen LogP contribution in [0, 0.1) is 0 Å². The van der Waals surface area contributed by atoms with Crippen molar-refractivity contribution in [1.29, 1.82) is 0 Å². The first-order valence-corrected chi connectivity index (χ1v) is 13.1. The highest BCUT2D eigenvalue weighted by Gasteiger charge is 2.41. The average molecular weight is 557 g/mol. The van der Waals surface area contributed by atoms with Crippen LogP contribution in [0.5, 0.6) is 0 Å². The first kappa shape index (κ1) is 27.4. The Morgan fingerprint density at radius 3 is 1.78 bits per heavy atom. The van der Waals surface area contributed by atoms with Crippen molar-refractivity contribution < 1.29 is 14.3 Å². The summed E-state index contributed by atoms with van der Waals surface area (Å²) in [6, 6.07) is 29.6.